The van der Waals surface area contributed by atoms with Gasteiger partial charge in [0.05, 0.1) is 13.2 Å². The van der Waals surface area contributed by atoms with Gasteiger partial charge in [-0.05, 0) is 44.4 Å². The van der Waals surface area contributed by atoms with Gasteiger partial charge in [-0.25, -0.2) is 0 Å². The normalized spacial score (nSPS) is 10.7. The summed E-state index contributed by atoms with van der Waals surface area (Å²) in [6, 6.07) is 7.08. The number of benzene rings is 1. The molecule has 1 aromatic carbocycles. The first-order chi connectivity index (χ1) is 10.5. The van der Waals surface area contributed by atoms with Gasteiger partial charge in [0.15, 0.2) is 11.5 Å². The summed E-state index contributed by atoms with van der Waals surface area (Å²) in [5, 5.41) is 5.05. The lowest BCUT2D eigenvalue weighted by molar-refractivity contribution is 0.230. The van der Waals surface area contributed by atoms with Gasteiger partial charge in [-0.2, -0.15) is 0 Å². The molecular weight excluding hydrogens is 284 g/mol. The van der Waals surface area contributed by atoms with Crippen molar-refractivity contribution < 1.29 is 9.47 Å². The van der Waals surface area contributed by atoms with E-state index in [1.165, 1.54) is 6.07 Å². The lowest BCUT2D eigenvalue weighted by atomic mass is 10.1. The molecule has 2 aromatic rings. The predicted octanol–water partition coefficient (Wildman–Crippen LogP) is 1.64. The molecule has 0 bridgehead atoms. The summed E-state index contributed by atoms with van der Waals surface area (Å²) in [5.41, 5.74) is 0.573. The summed E-state index contributed by atoms with van der Waals surface area (Å²) in [6.45, 7) is 3.91. The highest BCUT2D eigenvalue weighted by Crippen LogP contribution is 2.29. The van der Waals surface area contributed by atoms with E-state index in [-0.39, 0.29) is 6.10 Å². The Morgan fingerprint density at radius 1 is 1.05 bits per heavy atom. The Labute approximate surface area is 128 Å². The molecule has 0 fully saturated rings. The van der Waals surface area contributed by atoms with Gasteiger partial charge in [-0.1, -0.05) is 6.07 Å². The number of nitrogens with one attached hydrogen (secondary N) is 2. The smallest absolute Gasteiger partial charge is 0.310 e. The first kappa shape index (κ1) is 15.9. The van der Waals surface area contributed by atoms with Crippen LogP contribution in [0.1, 0.15) is 25.1 Å². The Kier molecular flexibility index (Phi) is 5.04. The van der Waals surface area contributed by atoms with Crippen LogP contribution in [0, 0.1) is 0 Å². The Morgan fingerprint density at radius 3 is 2.45 bits per heavy atom. The lowest BCUT2D eigenvalue weighted by Crippen LogP contribution is -2.27. The van der Waals surface area contributed by atoms with E-state index in [9.17, 15) is 9.59 Å². The van der Waals surface area contributed by atoms with Crippen LogP contribution in [-0.2, 0) is 12.8 Å². The van der Waals surface area contributed by atoms with Crippen molar-refractivity contribution in [3.63, 3.8) is 0 Å². The second-order valence-electron chi connectivity index (χ2n) is 5.26. The molecule has 1 aromatic heterocycles. The molecule has 0 aliphatic heterocycles. The quantitative estimate of drug-likeness (QED) is 0.795. The third kappa shape index (κ3) is 4.00. The maximum atomic E-state index is 11.3. The van der Waals surface area contributed by atoms with E-state index >= 15 is 0 Å². The minimum absolute atomic E-state index is 0.0553. The van der Waals surface area contributed by atoms with E-state index in [2.05, 4.69) is 10.2 Å². The molecule has 1 heterocycles. The molecule has 0 amide bonds. The largest absolute Gasteiger partial charge is 0.493 e. The maximum absolute atomic E-state index is 11.3. The third-order valence-electron chi connectivity index (χ3n) is 3.14. The topological polar surface area (TPSA) is 84.2 Å². The van der Waals surface area contributed by atoms with Crippen LogP contribution < -0.4 is 20.5 Å². The lowest BCUT2D eigenvalue weighted by Gasteiger charge is -2.14. The predicted molar refractivity (Wildman–Crippen MR) is 83.8 cm³/mol. The Morgan fingerprint density at radius 2 is 1.82 bits per heavy atom. The van der Waals surface area contributed by atoms with Crippen molar-refractivity contribution in [1.82, 2.24) is 10.2 Å². The van der Waals surface area contributed by atoms with Gasteiger partial charge in [0.25, 0.3) is 0 Å². The average Bonchev–Trinajstić information content (AvgIpc) is 2.48. The van der Waals surface area contributed by atoms with Gasteiger partial charge < -0.3 is 14.6 Å². The summed E-state index contributed by atoms with van der Waals surface area (Å²) in [7, 11) is 1.60. The van der Waals surface area contributed by atoms with E-state index < -0.39 is 11.0 Å². The fraction of sp³-hybridized carbons (Fsp3) is 0.375. The molecule has 0 aliphatic rings. The van der Waals surface area contributed by atoms with Crippen molar-refractivity contribution in [3.8, 4) is 11.5 Å². The standard InChI is InChI=1S/C16H20N2O4/c1-10(2)22-15-8-11(5-7-14(15)21-3)4-6-12-9-13(19)16(20)18-17-12/h5,7-10H,4,6H2,1-3H3,(H,17,19)(H,18,20). The van der Waals surface area contributed by atoms with E-state index in [1.54, 1.807) is 7.11 Å². The second-order valence-corrected chi connectivity index (χ2v) is 5.26. The van der Waals surface area contributed by atoms with Crippen molar-refractivity contribution in [2.75, 3.05) is 7.11 Å². The van der Waals surface area contributed by atoms with Crippen molar-refractivity contribution in [3.05, 3.63) is 56.1 Å². The van der Waals surface area contributed by atoms with Crippen molar-refractivity contribution in [1.29, 1.82) is 0 Å². The van der Waals surface area contributed by atoms with Crippen LogP contribution in [0.2, 0.25) is 0 Å². The monoisotopic (exact) mass is 304 g/mol. The van der Waals surface area contributed by atoms with Gasteiger partial charge >= 0.3 is 5.56 Å². The highest BCUT2D eigenvalue weighted by Gasteiger charge is 2.08. The zero-order valence-electron chi connectivity index (χ0n) is 12.9. The van der Waals surface area contributed by atoms with Crippen LogP contribution in [0.25, 0.3) is 0 Å². The zero-order chi connectivity index (χ0) is 16.1. The summed E-state index contributed by atoms with van der Waals surface area (Å²) >= 11 is 0. The van der Waals surface area contributed by atoms with Crippen LogP contribution in [-0.4, -0.2) is 23.4 Å². The van der Waals surface area contributed by atoms with Gasteiger partial charge in [-0.3, -0.25) is 14.7 Å². The van der Waals surface area contributed by atoms with E-state index in [0.29, 0.717) is 30.0 Å². The van der Waals surface area contributed by atoms with Gasteiger partial charge in [0.1, 0.15) is 0 Å². The van der Waals surface area contributed by atoms with Crippen molar-refractivity contribution in [2.45, 2.75) is 32.8 Å². The van der Waals surface area contributed by atoms with Crippen molar-refractivity contribution >= 4 is 0 Å². The molecule has 0 saturated carbocycles. The third-order valence-corrected chi connectivity index (χ3v) is 3.14. The van der Waals surface area contributed by atoms with Gasteiger partial charge in [0.2, 0.25) is 5.43 Å². The fourth-order valence-electron chi connectivity index (χ4n) is 2.09. The number of ether oxygens (including phenoxy) is 2. The first-order valence-corrected chi connectivity index (χ1v) is 7.14. The number of methoxy groups -OCH3 is 1. The molecule has 0 aliphatic carbocycles. The van der Waals surface area contributed by atoms with Crippen LogP contribution in [0.5, 0.6) is 11.5 Å². The molecule has 2 N–H and O–H groups in total. The molecule has 6 heteroatoms. The zero-order valence-corrected chi connectivity index (χ0v) is 12.9. The molecule has 0 atom stereocenters. The Bertz CT molecular complexity index is 746. The van der Waals surface area contributed by atoms with Crippen LogP contribution >= 0.6 is 0 Å². The van der Waals surface area contributed by atoms with Crippen LogP contribution in [0.3, 0.4) is 0 Å². The number of aryl methyl sites for hydroxylation is 2. The highest BCUT2D eigenvalue weighted by atomic mass is 16.5. The number of rotatable bonds is 6. The number of aromatic amines is 2. The Balaban J connectivity index is 2.13. The molecule has 0 radical (unpaired) electrons. The Hall–Kier alpha value is -2.50. The van der Waals surface area contributed by atoms with E-state index in [0.717, 1.165) is 5.56 Å². The highest BCUT2D eigenvalue weighted by molar-refractivity contribution is 5.43. The summed E-state index contributed by atoms with van der Waals surface area (Å²) in [5.74, 6) is 1.39. The molecular formula is C16H20N2O4. The maximum Gasteiger partial charge on any atom is 0.310 e. The van der Waals surface area contributed by atoms with Crippen LogP contribution in [0.15, 0.2) is 33.9 Å². The molecule has 6 nitrogen and oxygen atoms in total. The van der Waals surface area contributed by atoms with E-state index in [4.69, 9.17) is 9.47 Å². The number of hydrogen-bond donors (Lipinski definition) is 2. The molecule has 118 valence electrons. The average molecular weight is 304 g/mol. The summed E-state index contributed by atoms with van der Waals surface area (Å²) in [6.07, 6.45) is 1.37. The molecule has 0 unspecified atom stereocenters. The number of H-pyrrole nitrogens is 2. The van der Waals surface area contributed by atoms with Crippen molar-refractivity contribution in [2.24, 2.45) is 0 Å². The molecule has 2 rings (SSSR count). The first-order valence-electron chi connectivity index (χ1n) is 7.14. The van der Waals surface area contributed by atoms with Crippen LogP contribution in [0.4, 0.5) is 0 Å². The minimum Gasteiger partial charge on any atom is -0.493 e. The minimum atomic E-state index is -0.638. The second kappa shape index (κ2) is 6.98. The molecule has 22 heavy (non-hydrogen) atoms. The number of aromatic nitrogens is 2. The fourth-order valence-corrected chi connectivity index (χ4v) is 2.09. The summed E-state index contributed by atoms with van der Waals surface area (Å²) in [4.78, 5) is 22.3. The van der Waals surface area contributed by atoms with E-state index in [1.807, 2.05) is 32.0 Å². The SMILES string of the molecule is COc1ccc(CCc2cc(=O)c(=O)[nH][nH]2)cc1OC(C)C. The molecule has 0 saturated heterocycles. The summed E-state index contributed by atoms with van der Waals surface area (Å²) < 4.78 is 11.0. The van der Waals surface area contributed by atoms with Gasteiger partial charge in [0, 0.05) is 11.8 Å². The molecule has 0 spiro atoms. The number of hydrogen-bond acceptors (Lipinski definition) is 4. The van der Waals surface area contributed by atoms with Gasteiger partial charge in [-0.15, -0.1) is 0 Å².